The van der Waals surface area contributed by atoms with Crippen LogP contribution in [0.25, 0.3) is 0 Å². The Bertz CT molecular complexity index is 615. The van der Waals surface area contributed by atoms with Gasteiger partial charge >= 0.3 is 12.1 Å². The van der Waals surface area contributed by atoms with Gasteiger partial charge in [-0.3, -0.25) is 4.79 Å². The van der Waals surface area contributed by atoms with Crippen molar-refractivity contribution < 1.29 is 23.6 Å². The number of carbonyl (C=O) groups excluding carboxylic acids is 2. The summed E-state index contributed by atoms with van der Waals surface area (Å²) >= 11 is 0. The number of amides is 1. The summed E-state index contributed by atoms with van der Waals surface area (Å²) in [6.07, 6.45) is 0.691. The van der Waals surface area contributed by atoms with Gasteiger partial charge in [0.2, 0.25) is 0 Å². The third kappa shape index (κ3) is 5.93. The molecule has 2 rings (SSSR count). The first-order valence-electron chi connectivity index (χ1n) is 8.93. The molecule has 1 aromatic heterocycles. The van der Waals surface area contributed by atoms with Crippen LogP contribution in [-0.4, -0.2) is 61.0 Å². The first-order chi connectivity index (χ1) is 12.2. The highest BCUT2D eigenvalue weighted by Gasteiger charge is 2.27. The fraction of sp³-hybridized carbons (Fsp3) is 0.722. The van der Waals surface area contributed by atoms with E-state index in [9.17, 15) is 9.59 Å². The fourth-order valence-corrected chi connectivity index (χ4v) is 2.78. The molecular formula is C18H29N3O5. The number of anilines is 1. The lowest BCUT2D eigenvalue weighted by atomic mass is 10.0. The van der Waals surface area contributed by atoms with Crippen molar-refractivity contribution in [2.24, 2.45) is 5.92 Å². The quantitative estimate of drug-likeness (QED) is 0.739. The fourth-order valence-electron chi connectivity index (χ4n) is 2.78. The van der Waals surface area contributed by atoms with Crippen LogP contribution in [-0.2, 0) is 20.7 Å². The van der Waals surface area contributed by atoms with Gasteiger partial charge in [0, 0.05) is 45.1 Å². The van der Waals surface area contributed by atoms with Gasteiger partial charge in [-0.2, -0.15) is 0 Å². The van der Waals surface area contributed by atoms with Crippen molar-refractivity contribution in [1.82, 2.24) is 10.1 Å². The molecule has 1 fully saturated rings. The van der Waals surface area contributed by atoms with Gasteiger partial charge < -0.3 is 23.8 Å². The summed E-state index contributed by atoms with van der Waals surface area (Å²) in [5, 5.41) is 4.12. The minimum Gasteiger partial charge on any atom is -0.469 e. The molecule has 1 aliphatic heterocycles. The summed E-state index contributed by atoms with van der Waals surface area (Å²) in [6.45, 7) is 10.0. The van der Waals surface area contributed by atoms with Crippen LogP contribution in [0.5, 0.6) is 0 Å². The molecule has 1 amide bonds. The Labute approximate surface area is 154 Å². The van der Waals surface area contributed by atoms with Crippen molar-refractivity contribution in [2.45, 2.75) is 46.1 Å². The number of methoxy groups -OCH3 is 1. The summed E-state index contributed by atoms with van der Waals surface area (Å²) in [6, 6.07) is 1.90. The standard InChI is InChI=1S/C18H29N3O5/c1-13(11-16(22)24-5)10-14-12-15(19-26-14)20-6-8-21(9-7-20)17(23)25-18(2,3)4/h12-13H,6-11H2,1-5H3/t13-/m1/s1. The number of hydrogen-bond donors (Lipinski definition) is 0. The van der Waals surface area contributed by atoms with E-state index in [0.717, 1.165) is 11.6 Å². The number of aromatic nitrogens is 1. The molecule has 8 heteroatoms. The van der Waals surface area contributed by atoms with Gasteiger partial charge in [0.05, 0.1) is 7.11 Å². The molecule has 0 aromatic carbocycles. The van der Waals surface area contributed by atoms with Crippen molar-refractivity contribution >= 4 is 17.9 Å². The maximum absolute atomic E-state index is 12.1. The molecule has 1 saturated heterocycles. The molecule has 146 valence electrons. The third-order valence-electron chi connectivity index (χ3n) is 4.09. The number of nitrogens with zero attached hydrogens (tertiary/aromatic N) is 3. The van der Waals surface area contributed by atoms with E-state index in [1.165, 1.54) is 7.11 Å². The molecule has 26 heavy (non-hydrogen) atoms. The number of rotatable bonds is 5. The maximum atomic E-state index is 12.1. The van der Waals surface area contributed by atoms with Crippen LogP contribution < -0.4 is 4.90 Å². The van der Waals surface area contributed by atoms with Crippen LogP contribution in [0.15, 0.2) is 10.6 Å². The molecule has 2 heterocycles. The lowest BCUT2D eigenvalue weighted by molar-refractivity contribution is -0.141. The molecule has 0 aliphatic carbocycles. The topological polar surface area (TPSA) is 85.1 Å². The molecule has 1 atom stereocenters. The second-order valence-electron chi connectivity index (χ2n) is 7.70. The molecule has 1 aromatic rings. The van der Waals surface area contributed by atoms with Crippen LogP contribution in [0.3, 0.4) is 0 Å². The number of esters is 1. The van der Waals surface area contributed by atoms with Crippen LogP contribution in [0.4, 0.5) is 10.6 Å². The number of piperazine rings is 1. The normalized spacial score (nSPS) is 16.3. The predicted octanol–water partition coefficient (Wildman–Crippen LogP) is 2.47. The van der Waals surface area contributed by atoms with E-state index in [1.807, 2.05) is 33.8 Å². The second-order valence-corrected chi connectivity index (χ2v) is 7.70. The Morgan fingerprint density at radius 1 is 1.27 bits per heavy atom. The molecule has 1 aliphatic rings. The van der Waals surface area contributed by atoms with Crippen molar-refractivity contribution in [1.29, 1.82) is 0 Å². The van der Waals surface area contributed by atoms with E-state index in [-0.39, 0.29) is 18.0 Å². The lowest BCUT2D eigenvalue weighted by Gasteiger charge is -2.35. The zero-order valence-corrected chi connectivity index (χ0v) is 16.3. The number of ether oxygens (including phenoxy) is 2. The highest BCUT2D eigenvalue weighted by atomic mass is 16.6. The minimum absolute atomic E-state index is 0.118. The third-order valence-corrected chi connectivity index (χ3v) is 4.09. The Morgan fingerprint density at radius 3 is 2.50 bits per heavy atom. The molecular weight excluding hydrogens is 338 g/mol. The predicted molar refractivity (Wildman–Crippen MR) is 96.0 cm³/mol. The molecule has 0 N–H and O–H groups in total. The van der Waals surface area contributed by atoms with E-state index in [0.29, 0.717) is 39.0 Å². The first-order valence-corrected chi connectivity index (χ1v) is 8.93. The lowest BCUT2D eigenvalue weighted by Crippen LogP contribution is -2.50. The van der Waals surface area contributed by atoms with E-state index >= 15 is 0 Å². The maximum Gasteiger partial charge on any atom is 0.410 e. The highest BCUT2D eigenvalue weighted by molar-refractivity contribution is 5.69. The molecule has 8 nitrogen and oxygen atoms in total. The molecule has 0 spiro atoms. The Hall–Kier alpha value is -2.25. The van der Waals surface area contributed by atoms with Gasteiger partial charge in [-0.05, 0) is 26.7 Å². The second kappa shape index (κ2) is 8.42. The number of carbonyl (C=O) groups is 2. The van der Waals surface area contributed by atoms with E-state index in [1.54, 1.807) is 4.90 Å². The SMILES string of the molecule is COC(=O)C[C@H](C)Cc1cc(N2CCN(C(=O)OC(C)(C)C)CC2)no1. The van der Waals surface area contributed by atoms with Crippen LogP contribution in [0.1, 0.15) is 39.9 Å². The molecule has 0 radical (unpaired) electrons. The average molecular weight is 367 g/mol. The van der Waals surface area contributed by atoms with E-state index in [4.69, 9.17) is 9.26 Å². The van der Waals surface area contributed by atoms with Crippen molar-refractivity contribution in [3.8, 4) is 0 Å². The Kier molecular flexibility index (Phi) is 6.50. The van der Waals surface area contributed by atoms with Gasteiger partial charge in [-0.15, -0.1) is 0 Å². The molecule has 0 unspecified atom stereocenters. The highest BCUT2D eigenvalue weighted by Crippen LogP contribution is 2.20. The van der Waals surface area contributed by atoms with E-state index < -0.39 is 5.60 Å². The molecule has 0 saturated carbocycles. The van der Waals surface area contributed by atoms with Crippen molar-refractivity contribution in [3.05, 3.63) is 11.8 Å². The Morgan fingerprint density at radius 2 is 1.92 bits per heavy atom. The summed E-state index contributed by atoms with van der Waals surface area (Å²) in [5.41, 5.74) is -0.490. The van der Waals surface area contributed by atoms with Crippen molar-refractivity contribution in [3.63, 3.8) is 0 Å². The first kappa shape index (κ1) is 20.1. The zero-order chi connectivity index (χ0) is 19.3. The zero-order valence-electron chi connectivity index (χ0n) is 16.3. The van der Waals surface area contributed by atoms with Crippen LogP contribution >= 0.6 is 0 Å². The average Bonchev–Trinajstić information content (AvgIpc) is 3.01. The van der Waals surface area contributed by atoms with Crippen molar-refractivity contribution in [2.75, 3.05) is 38.2 Å². The number of hydrogen-bond acceptors (Lipinski definition) is 7. The Balaban J connectivity index is 1.84. The summed E-state index contributed by atoms with van der Waals surface area (Å²) in [5.74, 6) is 1.39. The van der Waals surface area contributed by atoms with Crippen LogP contribution in [0, 0.1) is 5.92 Å². The minimum atomic E-state index is -0.490. The van der Waals surface area contributed by atoms with Gasteiger partial charge in [-0.25, -0.2) is 4.79 Å². The monoisotopic (exact) mass is 367 g/mol. The van der Waals surface area contributed by atoms with Crippen LogP contribution in [0.2, 0.25) is 0 Å². The summed E-state index contributed by atoms with van der Waals surface area (Å²) < 4.78 is 15.5. The summed E-state index contributed by atoms with van der Waals surface area (Å²) in [4.78, 5) is 27.2. The van der Waals surface area contributed by atoms with Gasteiger partial charge in [-0.1, -0.05) is 12.1 Å². The van der Waals surface area contributed by atoms with Gasteiger partial charge in [0.25, 0.3) is 0 Å². The molecule has 0 bridgehead atoms. The van der Waals surface area contributed by atoms with Gasteiger partial charge in [0.15, 0.2) is 5.82 Å². The van der Waals surface area contributed by atoms with Gasteiger partial charge in [0.1, 0.15) is 11.4 Å². The summed E-state index contributed by atoms with van der Waals surface area (Å²) in [7, 11) is 1.39. The largest absolute Gasteiger partial charge is 0.469 e. The smallest absolute Gasteiger partial charge is 0.410 e. The van der Waals surface area contributed by atoms with E-state index in [2.05, 4.69) is 14.8 Å².